The average Bonchev–Trinajstić information content (AvgIpc) is 3.11. The van der Waals surface area contributed by atoms with E-state index in [1.807, 2.05) is 0 Å². The van der Waals surface area contributed by atoms with Gasteiger partial charge in [0.2, 0.25) is 5.91 Å². The van der Waals surface area contributed by atoms with Crippen LogP contribution < -0.4 is 0 Å². The Balaban J connectivity index is 2.11. The van der Waals surface area contributed by atoms with Crippen LogP contribution in [0.3, 0.4) is 0 Å². The number of benzene rings is 1. The molecular weight excluding hydrogens is 273 g/mol. The van der Waals surface area contributed by atoms with Crippen molar-refractivity contribution >= 4 is 21.8 Å². The summed E-state index contributed by atoms with van der Waals surface area (Å²) in [5.74, 6) is -0.207. The van der Waals surface area contributed by atoms with Gasteiger partial charge in [0.15, 0.2) is 0 Å². The lowest BCUT2D eigenvalue weighted by molar-refractivity contribution is -0.129. The van der Waals surface area contributed by atoms with Gasteiger partial charge in [0.25, 0.3) is 0 Å². The van der Waals surface area contributed by atoms with E-state index in [2.05, 4.69) is 15.9 Å². The molecule has 0 saturated heterocycles. The molecule has 2 rings (SSSR count). The minimum atomic E-state index is -0.240. The fourth-order valence-corrected chi connectivity index (χ4v) is 2.02. The lowest BCUT2D eigenvalue weighted by Crippen LogP contribution is -2.33. The quantitative estimate of drug-likeness (QED) is 0.779. The smallest absolute Gasteiger partial charge is 0.233 e. The third-order valence-corrected chi connectivity index (χ3v) is 3.20. The summed E-state index contributed by atoms with van der Waals surface area (Å²) < 4.78 is 13.5. The molecule has 4 heteroatoms. The van der Waals surface area contributed by atoms with Crippen molar-refractivity contribution in [1.29, 1.82) is 0 Å². The molecule has 1 aliphatic rings. The standard InChI is InChI=1S/C12H13BrFNO/c13-7-12(16)15(10-5-6-10)8-9-3-1-2-4-11(9)14/h1-4,10H,5-8H2. The number of hydrogen-bond acceptors (Lipinski definition) is 1. The van der Waals surface area contributed by atoms with Crippen LogP contribution in [0.4, 0.5) is 4.39 Å². The molecule has 0 atom stereocenters. The van der Waals surface area contributed by atoms with E-state index in [0.29, 0.717) is 23.5 Å². The summed E-state index contributed by atoms with van der Waals surface area (Å²) in [4.78, 5) is 13.4. The van der Waals surface area contributed by atoms with Gasteiger partial charge in [-0.3, -0.25) is 4.79 Å². The van der Waals surface area contributed by atoms with Crippen LogP contribution in [-0.2, 0) is 11.3 Å². The molecule has 0 spiro atoms. The molecule has 1 saturated carbocycles. The highest BCUT2D eigenvalue weighted by molar-refractivity contribution is 9.09. The lowest BCUT2D eigenvalue weighted by Gasteiger charge is -2.21. The molecule has 0 bridgehead atoms. The molecule has 86 valence electrons. The minimum absolute atomic E-state index is 0.0331. The molecule has 1 aromatic carbocycles. The van der Waals surface area contributed by atoms with E-state index >= 15 is 0 Å². The van der Waals surface area contributed by atoms with Crippen LogP contribution in [0.5, 0.6) is 0 Å². The molecule has 1 aromatic rings. The number of nitrogens with zero attached hydrogens (tertiary/aromatic N) is 1. The Bertz CT molecular complexity index is 392. The zero-order valence-electron chi connectivity index (χ0n) is 8.83. The summed E-state index contributed by atoms with van der Waals surface area (Å²) >= 11 is 3.16. The van der Waals surface area contributed by atoms with Crippen LogP contribution >= 0.6 is 15.9 Å². The Morgan fingerprint density at radius 3 is 2.69 bits per heavy atom. The van der Waals surface area contributed by atoms with Gasteiger partial charge >= 0.3 is 0 Å². The maximum Gasteiger partial charge on any atom is 0.233 e. The normalized spacial score (nSPS) is 14.9. The number of alkyl halides is 1. The van der Waals surface area contributed by atoms with Crippen molar-refractivity contribution in [3.63, 3.8) is 0 Å². The minimum Gasteiger partial charge on any atom is -0.335 e. The molecule has 1 aliphatic carbocycles. The summed E-state index contributed by atoms with van der Waals surface area (Å²) in [5, 5.41) is 0.304. The summed E-state index contributed by atoms with van der Waals surface area (Å²) in [5.41, 5.74) is 0.587. The van der Waals surface area contributed by atoms with Gasteiger partial charge in [0.1, 0.15) is 5.82 Å². The number of amides is 1. The fraction of sp³-hybridized carbons (Fsp3) is 0.417. The highest BCUT2D eigenvalue weighted by Crippen LogP contribution is 2.29. The number of halogens is 2. The average molecular weight is 286 g/mol. The number of rotatable bonds is 4. The first kappa shape index (κ1) is 11.6. The Morgan fingerprint density at radius 2 is 2.12 bits per heavy atom. The van der Waals surface area contributed by atoms with Gasteiger partial charge in [-0.1, -0.05) is 34.1 Å². The first-order valence-corrected chi connectivity index (χ1v) is 6.43. The molecule has 0 aromatic heterocycles. The second-order valence-electron chi connectivity index (χ2n) is 3.98. The molecule has 16 heavy (non-hydrogen) atoms. The number of carbonyl (C=O) groups is 1. The van der Waals surface area contributed by atoms with Crippen molar-refractivity contribution in [3.8, 4) is 0 Å². The Kier molecular flexibility index (Phi) is 3.59. The second-order valence-corrected chi connectivity index (χ2v) is 4.54. The van der Waals surface area contributed by atoms with Gasteiger partial charge < -0.3 is 4.90 Å². The molecule has 1 amide bonds. The highest BCUT2D eigenvalue weighted by Gasteiger charge is 2.32. The van der Waals surface area contributed by atoms with Crippen LogP contribution in [0.2, 0.25) is 0 Å². The predicted molar refractivity (Wildman–Crippen MR) is 63.8 cm³/mol. The van der Waals surface area contributed by atoms with E-state index in [-0.39, 0.29) is 11.7 Å². The van der Waals surface area contributed by atoms with Crippen LogP contribution in [0.1, 0.15) is 18.4 Å². The monoisotopic (exact) mass is 285 g/mol. The van der Waals surface area contributed by atoms with E-state index < -0.39 is 0 Å². The van der Waals surface area contributed by atoms with E-state index in [1.54, 1.807) is 23.1 Å². The van der Waals surface area contributed by atoms with E-state index in [0.717, 1.165) is 12.8 Å². The topological polar surface area (TPSA) is 20.3 Å². The lowest BCUT2D eigenvalue weighted by atomic mass is 10.2. The van der Waals surface area contributed by atoms with E-state index in [1.165, 1.54) is 6.07 Å². The Hall–Kier alpha value is -0.900. The maximum absolute atomic E-state index is 13.5. The number of carbonyl (C=O) groups excluding carboxylic acids is 1. The first-order valence-electron chi connectivity index (χ1n) is 5.31. The first-order chi connectivity index (χ1) is 7.72. The molecule has 0 aliphatic heterocycles. The van der Waals surface area contributed by atoms with Crippen molar-refractivity contribution in [3.05, 3.63) is 35.6 Å². The summed E-state index contributed by atoms with van der Waals surface area (Å²) in [7, 11) is 0. The van der Waals surface area contributed by atoms with Crippen molar-refractivity contribution in [2.45, 2.75) is 25.4 Å². The molecule has 1 fully saturated rings. The highest BCUT2D eigenvalue weighted by atomic mass is 79.9. The van der Waals surface area contributed by atoms with Crippen LogP contribution in [0.15, 0.2) is 24.3 Å². The van der Waals surface area contributed by atoms with Crippen molar-refractivity contribution in [1.82, 2.24) is 4.90 Å². The van der Waals surface area contributed by atoms with Crippen molar-refractivity contribution in [2.24, 2.45) is 0 Å². The van der Waals surface area contributed by atoms with Gasteiger partial charge in [0.05, 0.1) is 5.33 Å². The van der Waals surface area contributed by atoms with Crippen LogP contribution in [0.25, 0.3) is 0 Å². The van der Waals surface area contributed by atoms with E-state index in [4.69, 9.17) is 0 Å². The zero-order chi connectivity index (χ0) is 11.5. The predicted octanol–water partition coefficient (Wildman–Crippen LogP) is 2.71. The summed E-state index contributed by atoms with van der Waals surface area (Å²) in [6, 6.07) is 6.92. The molecule has 0 radical (unpaired) electrons. The Labute approximate surface area is 103 Å². The van der Waals surface area contributed by atoms with Gasteiger partial charge in [-0.15, -0.1) is 0 Å². The Morgan fingerprint density at radius 1 is 1.44 bits per heavy atom. The number of hydrogen-bond donors (Lipinski definition) is 0. The molecule has 2 nitrogen and oxygen atoms in total. The largest absolute Gasteiger partial charge is 0.335 e. The third kappa shape index (κ3) is 2.61. The molecule has 0 N–H and O–H groups in total. The van der Waals surface area contributed by atoms with Gasteiger partial charge in [0, 0.05) is 18.2 Å². The SMILES string of the molecule is O=C(CBr)N(Cc1ccccc1F)C1CC1. The summed E-state index contributed by atoms with van der Waals surface area (Å²) in [6.45, 7) is 0.377. The molecule has 0 unspecified atom stereocenters. The van der Waals surface area contributed by atoms with Gasteiger partial charge in [-0.2, -0.15) is 0 Å². The van der Waals surface area contributed by atoms with Crippen LogP contribution in [-0.4, -0.2) is 22.2 Å². The van der Waals surface area contributed by atoms with Gasteiger partial charge in [-0.25, -0.2) is 4.39 Å². The third-order valence-electron chi connectivity index (χ3n) is 2.72. The second kappa shape index (κ2) is 4.95. The van der Waals surface area contributed by atoms with Crippen LogP contribution in [0, 0.1) is 5.82 Å². The maximum atomic E-state index is 13.5. The van der Waals surface area contributed by atoms with Gasteiger partial charge in [-0.05, 0) is 18.9 Å². The summed E-state index contributed by atoms with van der Waals surface area (Å²) in [6.07, 6.45) is 2.07. The van der Waals surface area contributed by atoms with E-state index in [9.17, 15) is 9.18 Å². The molecular formula is C12H13BrFNO. The fourth-order valence-electron chi connectivity index (χ4n) is 1.69. The zero-order valence-corrected chi connectivity index (χ0v) is 10.4. The van der Waals surface area contributed by atoms with Crippen molar-refractivity contribution in [2.75, 3.05) is 5.33 Å². The molecule has 0 heterocycles. The van der Waals surface area contributed by atoms with Crippen molar-refractivity contribution < 1.29 is 9.18 Å².